The molecule has 1 unspecified atom stereocenters. The minimum absolute atomic E-state index is 0.746. The molecular formula is C31H58N2. The van der Waals surface area contributed by atoms with Crippen LogP contribution in [0.2, 0.25) is 0 Å². The third-order valence-electron chi connectivity index (χ3n) is 5.39. The van der Waals surface area contributed by atoms with Crippen LogP contribution < -0.4 is 4.90 Å². The maximum atomic E-state index is 2.74. The summed E-state index contributed by atoms with van der Waals surface area (Å²) in [6.45, 7) is 25.7. The van der Waals surface area contributed by atoms with Gasteiger partial charge in [-0.15, -0.1) is 0 Å². The molecule has 1 aromatic rings. The highest BCUT2D eigenvalue weighted by molar-refractivity contribution is 5.46. The molecule has 1 aliphatic heterocycles. The summed E-state index contributed by atoms with van der Waals surface area (Å²) in [6.07, 6.45) is 12.2. The summed E-state index contributed by atoms with van der Waals surface area (Å²) in [6, 6.07) is 11.6. The van der Waals surface area contributed by atoms with Crippen LogP contribution in [-0.2, 0) is 0 Å². The van der Waals surface area contributed by atoms with Gasteiger partial charge in [-0.3, -0.25) is 4.90 Å². The maximum Gasteiger partial charge on any atom is 0.0367 e. The molecule has 0 N–H and O–H groups in total. The van der Waals surface area contributed by atoms with E-state index in [2.05, 4.69) is 93.8 Å². The van der Waals surface area contributed by atoms with Crippen LogP contribution in [0.1, 0.15) is 108 Å². The topological polar surface area (TPSA) is 6.48 Å². The molecule has 1 atom stereocenters. The molecule has 0 saturated carbocycles. The first-order valence-electron chi connectivity index (χ1n) is 14.0. The summed E-state index contributed by atoms with van der Waals surface area (Å²) >= 11 is 0. The average molecular weight is 459 g/mol. The fraction of sp³-hybridized carbons (Fsp3) is 0.677. The number of allylic oxidation sites excluding steroid dienone is 3. The van der Waals surface area contributed by atoms with Crippen LogP contribution in [0.15, 0.2) is 53.6 Å². The SMILES string of the molecule is C/C=C\C1=C(C)CC(N2CCN(c3ccccc3)CC2)CCC1.CC.CC.CCC.CCC. The largest absolute Gasteiger partial charge is 0.369 e. The van der Waals surface area contributed by atoms with Crippen LogP contribution in [0.25, 0.3) is 0 Å². The van der Waals surface area contributed by atoms with Gasteiger partial charge >= 0.3 is 0 Å². The van der Waals surface area contributed by atoms with Crippen molar-refractivity contribution in [1.29, 1.82) is 0 Å². The number of hydrogen-bond acceptors (Lipinski definition) is 2. The highest BCUT2D eigenvalue weighted by atomic mass is 15.3. The van der Waals surface area contributed by atoms with E-state index in [0.29, 0.717) is 0 Å². The van der Waals surface area contributed by atoms with E-state index in [1.54, 1.807) is 11.1 Å². The van der Waals surface area contributed by atoms with Gasteiger partial charge in [0.25, 0.3) is 0 Å². The van der Waals surface area contributed by atoms with Crippen molar-refractivity contribution >= 4 is 5.69 Å². The lowest BCUT2D eigenvalue weighted by molar-refractivity contribution is 0.174. The fourth-order valence-corrected chi connectivity index (χ4v) is 4.05. The van der Waals surface area contributed by atoms with Crippen molar-refractivity contribution in [1.82, 2.24) is 4.90 Å². The summed E-state index contributed by atoms with van der Waals surface area (Å²) in [5, 5.41) is 0. The molecule has 2 nitrogen and oxygen atoms in total. The lowest BCUT2D eigenvalue weighted by Gasteiger charge is -2.40. The smallest absolute Gasteiger partial charge is 0.0367 e. The first-order chi connectivity index (χ1) is 16.1. The molecule has 33 heavy (non-hydrogen) atoms. The van der Waals surface area contributed by atoms with Gasteiger partial charge in [-0.05, 0) is 57.2 Å². The second-order valence-corrected chi connectivity index (χ2v) is 8.33. The number of piperazine rings is 1. The number of benzene rings is 1. The Bertz CT molecular complexity index is 578. The van der Waals surface area contributed by atoms with Gasteiger partial charge in [0.15, 0.2) is 0 Å². The minimum Gasteiger partial charge on any atom is -0.369 e. The molecular weight excluding hydrogens is 400 g/mol. The summed E-state index contributed by atoms with van der Waals surface area (Å²) in [5.74, 6) is 0. The Kier molecular flexibility index (Phi) is 24.1. The number of nitrogens with zero attached hydrogens (tertiary/aromatic N) is 2. The molecule has 1 fully saturated rings. The molecule has 2 aliphatic rings. The van der Waals surface area contributed by atoms with Crippen molar-refractivity contribution in [3.05, 3.63) is 53.6 Å². The van der Waals surface area contributed by atoms with E-state index in [1.165, 1.54) is 57.3 Å². The third-order valence-corrected chi connectivity index (χ3v) is 5.39. The van der Waals surface area contributed by atoms with Crippen molar-refractivity contribution < 1.29 is 0 Å². The van der Waals surface area contributed by atoms with E-state index in [0.717, 1.165) is 19.1 Å². The lowest BCUT2D eigenvalue weighted by atomic mass is 10.0. The van der Waals surface area contributed by atoms with Crippen LogP contribution in [0.5, 0.6) is 0 Å². The van der Waals surface area contributed by atoms with E-state index in [4.69, 9.17) is 0 Å². The molecule has 1 aliphatic carbocycles. The molecule has 3 rings (SSSR count). The Morgan fingerprint density at radius 3 is 1.85 bits per heavy atom. The van der Waals surface area contributed by atoms with Crippen LogP contribution in [0, 0.1) is 0 Å². The van der Waals surface area contributed by atoms with E-state index in [1.807, 2.05) is 27.7 Å². The number of rotatable bonds is 3. The van der Waals surface area contributed by atoms with Crippen molar-refractivity contribution in [3.63, 3.8) is 0 Å². The monoisotopic (exact) mass is 458 g/mol. The van der Waals surface area contributed by atoms with Gasteiger partial charge in [0, 0.05) is 37.9 Å². The predicted octanol–water partition coefficient (Wildman–Crippen LogP) is 9.53. The molecule has 192 valence electrons. The van der Waals surface area contributed by atoms with E-state index >= 15 is 0 Å². The molecule has 0 aromatic heterocycles. The van der Waals surface area contributed by atoms with Crippen LogP contribution in [0.4, 0.5) is 5.69 Å². The van der Waals surface area contributed by atoms with Crippen LogP contribution in [-0.4, -0.2) is 37.1 Å². The standard InChI is InChI=1S/C21H30N2.2C3H8.2C2H6/c1-3-8-19-9-7-12-21(17-18(19)2)23-15-13-22(14-16-23)20-10-5-4-6-11-20;2*1-3-2;2*1-2/h3-6,8,10-11,21H,7,9,12-17H2,1-2H3;2*3H2,1-2H3;2*1-2H3/b8-3-;;;;. The molecule has 1 saturated heterocycles. The van der Waals surface area contributed by atoms with E-state index < -0.39 is 0 Å². The molecule has 0 spiro atoms. The van der Waals surface area contributed by atoms with Crippen molar-refractivity contribution in [2.24, 2.45) is 0 Å². The fourth-order valence-electron chi connectivity index (χ4n) is 4.05. The lowest BCUT2D eigenvalue weighted by Crippen LogP contribution is -2.50. The first-order valence-corrected chi connectivity index (χ1v) is 14.0. The Labute approximate surface area is 209 Å². The van der Waals surface area contributed by atoms with Crippen molar-refractivity contribution in [2.45, 2.75) is 114 Å². The first kappa shape index (κ1) is 33.6. The Morgan fingerprint density at radius 1 is 0.848 bits per heavy atom. The van der Waals surface area contributed by atoms with Gasteiger partial charge in [0.1, 0.15) is 0 Å². The number of hydrogen-bond donors (Lipinski definition) is 0. The molecule has 0 bridgehead atoms. The summed E-state index contributed by atoms with van der Waals surface area (Å²) in [5.41, 5.74) is 4.56. The Balaban J connectivity index is 0. The number of para-hydroxylation sites is 1. The molecule has 0 radical (unpaired) electrons. The average Bonchev–Trinajstić information content (AvgIpc) is 3.05. The molecule has 1 heterocycles. The maximum absolute atomic E-state index is 2.74. The van der Waals surface area contributed by atoms with E-state index in [-0.39, 0.29) is 0 Å². The molecule has 2 heteroatoms. The quantitative estimate of drug-likeness (QED) is 0.445. The van der Waals surface area contributed by atoms with Gasteiger partial charge in [-0.25, -0.2) is 0 Å². The van der Waals surface area contributed by atoms with Gasteiger partial charge < -0.3 is 4.90 Å². The van der Waals surface area contributed by atoms with Gasteiger partial charge in [-0.1, -0.05) is 104 Å². The third kappa shape index (κ3) is 14.4. The van der Waals surface area contributed by atoms with Crippen LogP contribution in [0.3, 0.4) is 0 Å². The highest BCUT2D eigenvalue weighted by Crippen LogP contribution is 2.28. The second kappa shape index (κ2) is 23.6. The predicted molar refractivity (Wildman–Crippen MR) is 155 cm³/mol. The highest BCUT2D eigenvalue weighted by Gasteiger charge is 2.25. The summed E-state index contributed by atoms with van der Waals surface area (Å²) < 4.78 is 0. The van der Waals surface area contributed by atoms with Crippen molar-refractivity contribution in [3.8, 4) is 0 Å². The zero-order valence-corrected chi connectivity index (χ0v) is 24.1. The molecule has 0 amide bonds. The summed E-state index contributed by atoms with van der Waals surface area (Å²) in [7, 11) is 0. The minimum atomic E-state index is 0.746. The van der Waals surface area contributed by atoms with E-state index in [9.17, 15) is 0 Å². The second-order valence-electron chi connectivity index (χ2n) is 8.33. The Morgan fingerprint density at radius 2 is 1.36 bits per heavy atom. The Hall–Kier alpha value is -1.54. The van der Waals surface area contributed by atoms with Gasteiger partial charge in [-0.2, -0.15) is 0 Å². The zero-order valence-electron chi connectivity index (χ0n) is 24.1. The van der Waals surface area contributed by atoms with Crippen molar-refractivity contribution in [2.75, 3.05) is 31.1 Å². The number of anilines is 1. The normalized spacial score (nSPS) is 18.4. The molecule has 1 aromatic carbocycles. The van der Waals surface area contributed by atoms with Gasteiger partial charge in [0.2, 0.25) is 0 Å². The van der Waals surface area contributed by atoms with Crippen LogP contribution >= 0.6 is 0 Å². The van der Waals surface area contributed by atoms with Gasteiger partial charge in [0.05, 0.1) is 0 Å². The zero-order chi connectivity index (χ0) is 25.5. The summed E-state index contributed by atoms with van der Waals surface area (Å²) in [4.78, 5) is 5.27.